The van der Waals surface area contributed by atoms with E-state index >= 15 is 0 Å². The molecular formula is C36H55N5O8S2. The maximum absolute atomic E-state index is 14.3. The summed E-state index contributed by atoms with van der Waals surface area (Å²) >= 11 is 3.42. The van der Waals surface area contributed by atoms with E-state index in [0.717, 1.165) is 23.5 Å². The molecule has 4 atom stereocenters. The number of methoxy groups -OCH3 is 1. The van der Waals surface area contributed by atoms with Gasteiger partial charge in [-0.3, -0.25) is 24.0 Å². The standard InChI is InChI=1S/C36H55N5O8S2/c1-9-14-24(28(43)31(45)37-20-27(42)38-25(21-48-8)23-15-11-10-12-16-23)39-30(44)26-19-36(50-17-13-18-51-36)22-41(26)32(46)29(34(2,3)4)40-33(47)49-35(5,6)7/h10-12,15-16,24-26,29H,9,13-14,17-22H2,1-8H3,(H,37,45)(H,38,42)(H,39,44)(H,40,47)/t24?,25?,26-,29?/m0/s1. The highest BCUT2D eigenvalue weighted by molar-refractivity contribution is 8.18. The van der Waals surface area contributed by atoms with Crippen molar-refractivity contribution in [2.45, 2.75) is 108 Å². The minimum Gasteiger partial charge on any atom is -0.444 e. The van der Waals surface area contributed by atoms with Gasteiger partial charge in [0.25, 0.3) is 5.91 Å². The molecule has 2 saturated heterocycles. The summed E-state index contributed by atoms with van der Waals surface area (Å²) in [6.07, 6.45) is 1.26. The molecule has 2 aliphatic rings. The van der Waals surface area contributed by atoms with E-state index in [0.29, 0.717) is 12.8 Å². The summed E-state index contributed by atoms with van der Waals surface area (Å²) in [5.74, 6) is -1.63. The lowest BCUT2D eigenvalue weighted by molar-refractivity contribution is -0.144. The van der Waals surface area contributed by atoms with Gasteiger partial charge in [-0.15, -0.1) is 23.5 Å². The van der Waals surface area contributed by atoms with Gasteiger partial charge in [-0.25, -0.2) is 4.79 Å². The summed E-state index contributed by atoms with van der Waals surface area (Å²) in [4.78, 5) is 81.9. The van der Waals surface area contributed by atoms with Gasteiger partial charge in [0.05, 0.1) is 29.3 Å². The zero-order valence-electron chi connectivity index (χ0n) is 31.1. The van der Waals surface area contributed by atoms with Crippen LogP contribution in [0, 0.1) is 5.41 Å². The number of nitrogens with one attached hydrogen (secondary N) is 4. The van der Waals surface area contributed by atoms with Crippen LogP contribution in [-0.2, 0) is 33.4 Å². The summed E-state index contributed by atoms with van der Waals surface area (Å²) in [5, 5.41) is 10.7. The van der Waals surface area contributed by atoms with Crippen LogP contribution in [0.15, 0.2) is 30.3 Å². The molecule has 1 aromatic rings. The Morgan fingerprint density at radius 3 is 2.18 bits per heavy atom. The maximum Gasteiger partial charge on any atom is 0.408 e. The SMILES string of the molecule is CCCC(NC(=O)[C@@H]1CC2(CN1C(=O)C(NC(=O)OC(C)(C)C)C(C)(C)C)SCCCS2)C(=O)C(=O)NCC(=O)NC(COC)c1ccccc1. The van der Waals surface area contributed by atoms with Crippen molar-refractivity contribution in [3.8, 4) is 0 Å². The lowest BCUT2D eigenvalue weighted by atomic mass is 9.85. The number of ketones is 1. The number of nitrogens with zero attached hydrogens (tertiary/aromatic N) is 1. The monoisotopic (exact) mass is 749 g/mol. The number of carbonyl (C=O) groups excluding carboxylic acids is 6. The second kappa shape index (κ2) is 18.5. The molecule has 0 aliphatic carbocycles. The molecule has 13 nitrogen and oxygen atoms in total. The van der Waals surface area contributed by atoms with E-state index in [9.17, 15) is 28.8 Å². The molecule has 2 fully saturated rings. The summed E-state index contributed by atoms with van der Waals surface area (Å²) in [5.41, 5.74) is -0.689. The predicted octanol–water partition coefficient (Wildman–Crippen LogP) is 3.57. The Morgan fingerprint density at radius 2 is 1.61 bits per heavy atom. The minimum atomic E-state index is -1.17. The van der Waals surface area contributed by atoms with Gasteiger partial charge >= 0.3 is 6.09 Å². The first-order chi connectivity index (χ1) is 23.9. The van der Waals surface area contributed by atoms with Crippen molar-refractivity contribution in [1.82, 2.24) is 26.2 Å². The minimum absolute atomic E-state index is 0.175. The van der Waals surface area contributed by atoms with Crippen molar-refractivity contribution >= 4 is 59.0 Å². The number of carbonyl (C=O) groups is 6. The average Bonchev–Trinajstić information content (AvgIpc) is 3.43. The molecule has 0 saturated carbocycles. The van der Waals surface area contributed by atoms with Crippen molar-refractivity contribution < 1.29 is 38.2 Å². The molecule has 1 aromatic carbocycles. The number of Topliss-reactive ketones (excluding diaryl/α,β-unsaturated/α-hetero) is 1. The fourth-order valence-corrected chi connectivity index (χ4v) is 9.27. The topological polar surface area (TPSA) is 172 Å². The Balaban J connectivity index is 1.75. The van der Waals surface area contributed by atoms with Gasteiger partial charge in [-0.2, -0.15) is 0 Å². The van der Waals surface area contributed by atoms with E-state index in [4.69, 9.17) is 9.47 Å². The fraction of sp³-hybridized carbons (Fsp3) is 0.667. The number of hydrogen-bond acceptors (Lipinski definition) is 10. The number of thioether (sulfide) groups is 2. The molecule has 51 heavy (non-hydrogen) atoms. The Hall–Kier alpha value is -3.30. The summed E-state index contributed by atoms with van der Waals surface area (Å²) < 4.78 is 10.3. The van der Waals surface area contributed by atoms with Crippen molar-refractivity contribution in [2.75, 3.05) is 38.3 Å². The first-order valence-corrected chi connectivity index (χ1v) is 19.4. The Kier molecular flexibility index (Phi) is 15.2. The van der Waals surface area contributed by atoms with E-state index in [1.54, 1.807) is 44.3 Å². The molecule has 15 heteroatoms. The quantitative estimate of drug-likeness (QED) is 0.206. The maximum atomic E-state index is 14.3. The highest BCUT2D eigenvalue weighted by Crippen LogP contribution is 2.50. The zero-order chi connectivity index (χ0) is 38.0. The summed E-state index contributed by atoms with van der Waals surface area (Å²) in [6.45, 7) is 12.5. The molecule has 0 bridgehead atoms. The van der Waals surface area contributed by atoms with Gasteiger partial charge in [0.15, 0.2) is 0 Å². The number of ether oxygens (including phenoxy) is 2. The molecular weight excluding hydrogens is 695 g/mol. The lowest BCUT2D eigenvalue weighted by Crippen LogP contribution is -2.59. The summed E-state index contributed by atoms with van der Waals surface area (Å²) in [6, 6.07) is 5.64. The van der Waals surface area contributed by atoms with Gasteiger partial charge in [-0.05, 0) is 56.1 Å². The number of alkyl carbamates (subject to hydrolysis) is 1. The van der Waals surface area contributed by atoms with E-state index < -0.39 is 81.3 Å². The predicted molar refractivity (Wildman–Crippen MR) is 199 cm³/mol. The summed E-state index contributed by atoms with van der Waals surface area (Å²) in [7, 11) is 1.52. The number of hydrogen-bond donors (Lipinski definition) is 4. The van der Waals surface area contributed by atoms with Crippen molar-refractivity contribution in [3.63, 3.8) is 0 Å². The number of benzene rings is 1. The van der Waals surface area contributed by atoms with Gasteiger partial charge in [0, 0.05) is 20.1 Å². The van der Waals surface area contributed by atoms with Crippen LogP contribution in [0.5, 0.6) is 0 Å². The van der Waals surface area contributed by atoms with Gasteiger partial charge < -0.3 is 35.6 Å². The molecule has 284 valence electrons. The third-order valence-electron chi connectivity index (χ3n) is 8.38. The average molecular weight is 750 g/mol. The highest BCUT2D eigenvalue weighted by Gasteiger charge is 2.53. The van der Waals surface area contributed by atoms with Crippen LogP contribution in [-0.4, -0.2) is 107 Å². The Bertz CT molecular complexity index is 1390. The smallest absolute Gasteiger partial charge is 0.408 e. The van der Waals surface area contributed by atoms with E-state index in [1.165, 1.54) is 12.0 Å². The van der Waals surface area contributed by atoms with Crippen LogP contribution >= 0.6 is 23.5 Å². The molecule has 2 aliphatic heterocycles. The molecule has 0 radical (unpaired) electrons. The molecule has 3 unspecified atom stereocenters. The zero-order valence-corrected chi connectivity index (χ0v) is 32.7. The second-order valence-corrected chi connectivity index (χ2v) is 18.2. The molecule has 4 N–H and O–H groups in total. The first-order valence-electron chi connectivity index (χ1n) is 17.4. The van der Waals surface area contributed by atoms with E-state index in [1.807, 2.05) is 58.0 Å². The van der Waals surface area contributed by atoms with Crippen molar-refractivity contribution in [3.05, 3.63) is 35.9 Å². The largest absolute Gasteiger partial charge is 0.444 e. The fourth-order valence-electron chi connectivity index (χ4n) is 5.92. The van der Waals surface area contributed by atoms with Crippen LogP contribution in [0.3, 0.4) is 0 Å². The van der Waals surface area contributed by atoms with E-state index in [-0.39, 0.29) is 19.6 Å². The molecule has 5 amide bonds. The first kappa shape index (κ1) is 42.1. The number of likely N-dealkylation sites (tertiary alicyclic amines) is 1. The molecule has 2 heterocycles. The van der Waals surface area contributed by atoms with E-state index in [2.05, 4.69) is 21.3 Å². The Labute approximate surface area is 310 Å². The number of rotatable bonds is 14. The van der Waals surface area contributed by atoms with Crippen LogP contribution < -0.4 is 21.3 Å². The van der Waals surface area contributed by atoms with Gasteiger partial charge in [-0.1, -0.05) is 64.4 Å². The van der Waals surface area contributed by atoms with Crippen LogP contribution in [0.1, 0.15) is 85.8 Å². The van der Waals surface area contributed by atoms with Crippen LogP contribution in [0.4, 0.5) is 4.79 Å². The van der Waals surface area contributed by atoms with Crippen molar-refractivity contribution in [1.29, 1.82) is 0 Å². The highest BCUT2D eigenvalue weighted by atomic mass is 32.2. The van der Waals surface area contributed by atoms with Crippen LogP contribution in [0.2, 0.25) is 0 Å². The lowest BCUT2D eigenvalue weighted by Gasteiger charge is -2.36. The third-order valence-corrected chi connectivity index (χ3v) is 11.7. The van der Waals surface area contributed by atoms with Crippen molar-refractivity contribution in [2.24, 2.45) is 5.41 Å². The second-order valence-electron chi connectivity index (χ2n) is 15.0. The normalized spacial score (nSPS) is 19.0. The number of amides is 5. The van der Waals surface area contributed by atoms with Gasteiger partial charge in [0.1, 0.15) is 17.7 Å². The molecule has 0 aromatic heterocycles. The molecule has 1 spiro atoms. The van der Waals surface area contributed by atoms with Gasteiger partial charge in [0.2, 0.25) is 23.5 Å². The Morgan fingerprint density at radius 1 is 0.961 bits per heavy atom. The third kappa shape index (κ3) is 12.4. The van der Waals surface area contributed by atoms with Crippen LogP contribution in [0.25, 0.3) is 0 Å². The molecule has 3 rings (SSSR count).